The highest BCUT2D eigenvalue weighted by atomic mass is 19.3. The van der Waals surface area contributed by atoms with E-state index in [1.54, 1.807) is 0 Å². The minimum absolute atomic E-state index is 0.137. The van der Waals surface area contributed by atoms with Gasteiger partial charge in [0.2, 0.25) is 0 Å². The molecule has 1 aliphatic carbocycles. The third kappa shape index (κ3) is 3.14. The van der Waals surface area contributed by atoms with E-state index >= 15 is 0 Å². The molecule has 2 nitrogen and oxygen atoms in total. The van der Waals surface area contributed by atoms with Crippen molar-refractivity contribution < 1.29 is 8.78 Å². The molecule has 1 aliphatic rings. The van der Waals surface area contributed by atoms with E-state index in [1.165, 1.54) is 0 Å². The summed E-state index contributed by atoms with van der Waals surface area (Å²) in [7, 11) is 0. The summed E-state index contributed by atoms with van der Waals surface area (Å²) < 4.78 is 25.1. The van der Waals surface area contributed by atoms with Crippen LogP contribution in [-0.4, -0.2) is 36.5 Å². The Kier molecular flexibility index (Phi) is 5.12. The molecule has 16 heavy (non-hydrogen) atoms. The maximum Gasteiger partial charge on any atom is 0.251 e. The van der Waals surface area contributed by atoms with Gasteiger partial charge >= 0.3 is 0 Å². The fourth-order valence-electron chi connectivity index (χ4n) is 2.77. The highest BCUT2D eigenvalue weighted by Crippen LogP contribution is 2.35. The molecule has 4 heteroatoms. The molecule has 1 rings (SSSR count). The van der Waals surface area contributed by atoms with Crippen LogP contribution in [0.15, 0.2) is 0 Å². The zero-order chi connectivity index (χ0) is 12.2. The van der Waals surface area contributed by atoms with Crippen LogP contribution in [0.2, 0.25) is 0 Å². The van der Waals surface area contributed by atoms with Crippen LogP contribution < -0.4 is 5.73 Å². The number of nitrogens with zero attached hydrogens (tertiary/aromatic N) is 1. The highest BCUT2D eigenvalue weighted by Gasteiger charge is 2.38. The summed E-state index contributed by atoms with van der Waals surface area (Å²) in [6, 6.07) is 0. The minimum Gasteiger partial charge on any atom is -0.329 e. The lowest BCUT2D eigenvalue weighted by Gasteiger charge is -2.47. The maximum atomic E-state index is 12.5. The van der Waals surface area contributed by atoms with Crippen molar-refractivity contribution in [3.05, 3.63) is 0 Å². The Hall–Kier alpha value is -0.220. The molecule has 0 radical (unpaired) electrons. The number of alkyl halides is 2. The summed E-state index contributed by atoms with van der Waals surface area (Å²) in [5.41, 5.74) is 5.68. The van der Waals surface area contributed by atoms with Crippen LogP contribution in [0.1, 0.15) is 39.5 Å². The fourth-order valence-corrected chi connectivity index (χ4v) is 2.77. The van der Waals surface area contributed by atoms with E-state index in [0.717, 1.165) is 25.7 Å². The smallest absolute Gasteiger partial charge is 0.251 e. The van der Waals surface area contributed by atoms with Gasteiger partial charge in [-0.3, -0.25) is 4.90 Å². The molecule has 0 heterocycles. The van der Waals surface area contributed by atoms with Crippen molar-refractivity contribution in [2.24, 2.45) is 11.7 Å². The molecule has 1 fully saturated rings. The Morgan fingerprint density at radius 2 is 1.94 bits per heavy atom. The van der Waals surface area contributed by atoms with E-state index in [1.807, 2.05) is 11.8 Å². The van der Waals surface area contributed by atoms with Crippen molar-refractivity contribution in [2.45, 2.75) is 51.5 Å². The van der Waals surface area contributed by atoms with Gasteiger partial charge in [-0.2, -0.15) is 0 Å². The van der Waals surface area contributed by atoms with Gasteiger partial charge < -0.3 is 5.73 Å². The maximum absolute atomic E-state index is 12.5. The first-order valence-corrected chi connectivity index (χ1v) is 6.27. The van der Waals surface area contributed by atoms with E-state index in [4.69, 9.17) is 5.73 Å². The second-order valence-corrected chi connectivity index (χ2v) is 5.04. The topological polar surface area (TPSA) is 29.3 Å². The average Bonchev–Trinajstić information content (AvgIpc) is 2.27. The van der Waals surface area contributed by atoms with Crippen molar-refractivity contribution >= 4 is 0 Å². The van der Waals surface area contributed by atoms with Gasteiger partial charge in [0, 0.05) is 12.1 Å². The van der Waals surface area contributed by atoms with E-state index < -0.39 is 6.43 Å². The molecule has 0 atom stereocenters. The second kappa shape index (κ2) is 5.92. The Morgan fingerprint density at radius 1 is 1.38 bits per heavy atom. The summed E-state index contributed by atoms with van der Waals surface area (Å²) in [6.45, 7) is 5.19. The van der Waals surface area contributed by atoms with Crippen molar-refractivity contribution in [1.82, 2.24) is 4.90 Å². The quantitative estimate of drug-likeness (QED) is 0.792. The molecule has 96 valence electrons. The summed E-state index contributed by atoms with van der Waals surface area (Å²) in [4.78, 5) is 1.89. The molecule has 2 N–H and O–H groups in total. The fraction of sp³-hybridized carbons (Fsp3) is 1.00. The van der Waals surface area contributed by atoms with Crippen molar-refractivity contribution in [3.8, 4) is 0 Å². The lowest BCUT2D eigenvalue weighted by Crippen LogP contribution is -2.56. The molecule has 0 amide bonds. The van der Waals surface area contributed by atoms with Gasteiger partial charge in [-0.05, 0) is 38.1 Å². The van der Waals surface area contributed by atoms with E-state index in [2.05, 4.69) is 6.92 Å². The lowest BCUT2D eigenvalue weighted by atomic mass is 9.76. The van der Waals surface area contributed by atoms with Crippen LogP contribution in [0.25, 0.3) is 0 Å². The van der Waals surface area contributed by atoms with Crippen LogP contribution in [0.5, 0.6) is 0 Å². The summed E-state index contributed by atoms with van der Waals surface area (Å²) in [5, 5.41) is 0. The van der Waals surface area contributed by atoms with Gasteiger partial charge in [0.15, 0.2) is 0 Å². The number of likely N-dealkylation sites (N-methyl/N-ethyl adjacent to an activating group) is 1. The van der Waals surface area contributed by atoms with Crippen LogP contribution in [0, 0.1) is 5.92 Å². The van der Waals surface area contributed by atoms with Crippen molar-refractivity contribution in [3.63, 3.8) is 0 Å². The average molecular weight is 234 g/mol. The zero-order valence-electron chi connectivity index (χ0n) is 10.4. The van der Waals surface area contributed by atoms with Gasteiger partial charge in [0.1, 0.15) is 0 Å². The van der Waals surface area contributed by atoms with Crippen molar-refractivity contribution in [2.75, 3.05) is 19.6 Å². The first kappa shape index (κ1) is 13.8. The molecular weight excluding hydrogens is 210 g/mol. The van der Waals surface area contributed by atoms with E-state index in [-0.39, 0.29) is 12.1 Å². The van der Waals surface area contributed by atoms with Crippen LogP contribution >= 0.6 is 0 Å². The van der Waals surface area contributed by atoms with Crippen LogP contribution in [0.3, 0.4) is 0 Å². The summed E-state index contributed by atoms with van der Waals surface area (Å²) in [5.74, 6) is 0.713. The van der Waals surface area contributed by atoms with Crippen LogP contribution in [0.4, 0.5) is 8.78 Å². The Morgan fingerprint density at radius 3 is 2.31 bits per heavy atom. The molecule has 0 aromatic carbocycles. The van der Waals surface area contributed by atoms with Crippen molar-refractivity contribution in [1.29, 1.82) is 0 Å². The molecule has 0 saturated heterocycles. The van der Waals surface area contributed by atoms with E-state index in [9.17, 15) is 8.78 Å². The number of halogens is 2. The molecule has 0 spiro atoms. The largest absolute Gasteiger partial charge is 0.329 e. The number of hydrogen-bond donors (Lipinski definition) is 1. The Bertz CT molecular complexity index is 201. The Balaban J connectivity index is 2.69. The monoisotopic (exact) mass is 234 g/mol. The zero-order valence-corrected chi connectivity index (χ0v) is 10.4. The Labute approximate surface area is 97.2 Å². The normalized spacial score (nSPS) is 31.3. The van der Waals surface area contributed by atoms with Gasteiger partial charge in [0.25, 0.3) is 6.43 Å². The summed E-state index contributed by atoms with van der Waals surface area (Å²) in [6.07, 6.45) is 1.88. The molecule has 1 saturated carbocycles. The third-order valence-corrected chi connectivity index (χ3v) is 4.00. The van der Waals surface area contributed by atoms with Gasteiger partial charge in [0.05, 0.1) is 6.54 Å². The highest BCUT2D eigenvalue weighted by molar-refractivity contribution is 4.95. The number of rotatable bonds is 5. The molecule has 0 bridgehead atoms. The first-order chi connectivity index (χ1) is 7.54. The standard InChI is InChI=1S/C12H24F2N2/c1-3-16(8-11(13)14)12(9-15)6-4-10(2)5-7-12/h10-11H,3-9,15H2,1-2H3. The van der Waals surface area contributed by atoms with Gasteiger partial charge in [-0.15, -0.1) is 0 Å². The molecule has 0 aromatic heterocycles. The number of nitrogens with two attached hydrogens (primary N) is 1. The summed E-state index contributed by atoms with van der Waals surface area (Å²) >= 11 is 0. The molecule has 0 aliphatic heterocycles. The minimum atomic E-state index is -2.26. The SMILES string of the molecule is CCN(CC(F)F)C1(CN)CCC(C)CC1. The van der Waals surface area contributed by atoms with Gasteiger partial charge in [-0.1, -0.05) is 13.8 Å². The first-order valence-electron chi connectivity index (χ1n) is 6.27. The van der Waals surface area contributed by atoms with E-state index in [0.29, 0.717) is 19.0 Å². The lowest BCUT2D eigenvalue weighted by molar-refractivity contribution is -0.000465. The van der Waals surface area contributed by atoms with Gasteiger partial charge in [-0.25, -0.2) is 8.78 Å². The second-order valence-electron chi connectivity index (χ2n) is 5.04. The predicted octanol–water partition coefficient (Wildman–Crippen LogP) is 2.48. The molecular formula is C12H24F2N2. The molecule has 0 unspecified atom stereocenters. The van der Waals surface area contributed by atoms with Crippen LogP contribution in [-0.2, 0) is 0 Å². The predicted molar refractivity (Wildman–Crippen MR) is 62.7 cm³/mol. The third-order valence-electron chi connectivity index (χ3n) is 4.00. The number of hydrogen-bond acceptors (Lipinski definition) is 2. The molecule has 0 aromatic rings.